The maximum absolute atomic E-state index is 12.2. The van der Waals surface area contributed by atoms with Crippen LogP contribution in [-0.2, 0) is 14.3 Å². The lowest BCUT2D eigenvalue weighted by Crippen LogP contribution is -2.32. The van der Waals surface area contributed by atoms with Crippen molar-refractivity contribution in [3.05, 3.63) is 95.6 Å². The second kappa shape index (κ2) is 11.3. The molecular weight excluding hydrogens is 444 g/mol. The number of alkyl carbamates (subject to hydrolysis) is 1. The zero-order chi connectivity index (χ0) is 24.6. The number of hydrogen-bond acceptors (Lipinski definition) is 4. The van der Waals surface area contributed by atoms with Gasteiger partial charge in [0.2, 0.25) is 5.91 Å². The average Bonchev–Trinajstić information content (AvgIpc) is 3.19. The van der Waals surface area contributed by atoms with Crippen LogP contribution in [0.3, 0.4) is 0 Å². The van der Waals surface area contributed by atoms with Gasteiger partial charge < -0.3 is 20.5 Å². The zero-order valence-corrected chi connectivity index (χ0v) is 19.3. The number of aliphatic carboxylic acids is 1. The Hall–Kier alpha value is -4.13. The van der Waals surface area contributed by atoms with Gasteiger partial charge in [0, 0.05) is 25.4 Å². The molecule has 3 aromatic carbocycles. The number of amides is 2. The van der Waals surface area contributed by atoms with E-state index in [-0.39, 0.29) is 37.9 Å². The van der Waals surface area contributed by atoms with Gasteiger partial charge in [-0.05, 0) is 34.2 Å². The Bertz CT molecular complexity index is 1150. The third-order valence-electron chi connectivity index (χ3n) is 6.20. The van der Waals surface area contributed by atoms with Crippen molar-refractivity contribution >= 4 is 18.0 Å². The van der Waals surface area contributed by atoms with Gasteiger partial charge in [-0.15, -0.1) is 0 Å². The number of benzene rings is 3. The third kappa shape index (κ3) is 5.87. The molecule has 1 aliphatic rings. The Morgan fingerprint density at radius 3 is 2.06 bits per heavy atom. The standard InChI is InChI=1S/C28H28N2O5/c31-26(30-17-24(27(32)33)19-9-2-1-3-10-19)15-8-16-29-28(34)35-18-25-22-13-6-4-11-20(22)21-12-5-7-14-23(21)25/h1-7,9-14,24-25H,8,15-18H2,(H,29,34)(H,30,31)(H,32,33). The van der Waals surface area contributed by atoms with E-state index in [9.17, 15) is 19.5 Å². The Morgan fingerprint density at radius 1 is 0.829 bits per heavy atom. The molecule has 0 fully saturated rings. The van der Waals surface area contributed by atoms with Crippen molar-refractivity contribution in [1.82, 2.24) is 10.6 Å². The van der Waals surface area contributed by atoms with Crippen LogP contribution in [0.4, 0.5) is 4.79 Å². The zero-order valence-electron chi connectivity index (χ0n) is 19.3. The van der Waals surface area contributed by atoms with E-state index in [4.69, 9.17) is 4.74 Å². The Morgan fingerprint density at radius 2 is 1.43 bits per heavy atom. The van der Waals surface area contributed by atoms with Crippen LogP contribution in [0, 0.1) is 0 Å². The largest absolute Gasteiger partial charge is 0.481 e. The van der Waals surface area contributed by atoms with E-state index in [2.05, 4.69) is 34.9 Å². The summed E-state index contributed by atoms with van der Waals surface area (Å²) in [5.74, 6) is -2.07. The molecule has 4 rings (SSSR count). The molecule has 35 heavy (non-hydrogen) atoms. The second-order valence-electron chi connectivity index (χ2n) is 8.46. The first-order chi connectivity index (χ1) is 17.0. The highest BCUT2D eigenvalue weighted by Crippen LogP contribution is 2.44. The minimum absolute atomic E-state index is 0.00859. The molecule has 180 valence electrons. The summed E-state index contributed by atoms with van der Waals surface area (Å²) in [4.78, 5) is 35.9. The van der Waals surface area contributed by atoms with Crippen LogP contribution in [-0.4, -0.2) is 42.8 Å². The first kappa shape index (κ1) is 24.0. The van der Waals surface area contributed by atoms with Gasteiger partial charge in [0.25, 0.3) is 0 Å². The van der Waals surface area contributed by atoms with Crippen LogP contribution < -0.4 is 10.6 Å². The molecule has 1 atom stereocenters. The van der Waals surface area contributed by atoms with Gasteiger partial charge >= 0.3 is 12.1 Å². The summed E-state index contributed by atoms with van der Waals surface area (Å²) < 4.78 is 5.49. The molecule has 7 heteroatoms. The number of ether oxygens (including phenoxy) is 1. The highest BCUT2D eigenvalue weighted by atomic mass is 16.5. The molecule has 2 amide bonds. The highest BCUT2D eigenvalue weighted by molar-refractivity contribution is 5.80. The molecule has 0 bridgehead atoms. The fraction of sp³-hybridized carbons (Fsp3) is 0.250. The van der Waals surface area contributed by atoms with Crippen LogP contribution in [0.15, 0.2) is 78.9 Å². The Kier molecular flexibility index (Phi) is 7.77. The lowest BCUT2D eigenvalue weighted by atomic mass is 9.98. The number of carboxylic acid groups (broad SMARTS) is 1. The summed E-state index contributed by atoms with van der Waals surface area (Å²) in [5, 5.41) is 14.8. The van der Waals surface area contributed by atoms with E-state index in [0.717, 1.165) is 11.1 Å². The number of nitrogens with one attached hydrogen (secondary N) is 2. The molecule has 1 unspecified atom stereocenters. The van der Waals surface area contributed by atoms with Gasteiger partial charge in [-0.2, -0.15) is 0 Å². The first-order valence-corrected chi connectivity index (χ1v) is 11.7. The maximum Gasteiger partial charge on any atom is 0.407 e. The molecule has 1 aliphatic carbocycles. The first-order valence-electron chi connectivity index (χ1n) is 11.7. The number of carbonyl (C=O) groups is 3. The molecule has 0 radical (unpaired) electrons. The Labute approximate surface area is 204 Å². The fourth-order valence-corrected chi connectivity index (χ4v) is 4.43. The third-order valence-corrected chi connectivity index (χ3v) is 6.20. The quantitative estimate of drug-likeness (QED) is 0.382. The van der Waals surface area contributed by atoms with Gasteiger partial charge in [0.15, 0.2) is 0 Å². The van der Waals surface area contributed by atoms with E-state index in [1.807, 2.05) is 30.3 Å². The summed E-state index contributed by atoms with van der Waals surface area (Å²) in [6.45, 7) is 0.527. The molecule has 0 heterocycles. The molecule has 0 aliphatic heterocycles. The van der Waals surface area contributed by atoms with Crippen molar-refractivity contribution < 1.29 is 24.2 Å². The molecule has 0 aromatic heterocycles. The molecule has 7 nitrogen and oxygen atoms in total. The lowest BCUT2D eigenvalue weighted by molar-refractivity contribution is -0.138. The van der Waals surface area contributed by atoms with Crippen molar-refractivity contribution in [3.63, 3.8) is 0 Å². The summed E-state index contributed by atoms with van der Waals surface area (Å²) in [6, 6.07) is 25.1. The number of carbonyl (C=O) groups excluding carboxylic acids is 2. The van der Waals surface area contributed by atoms with Gasteiger partial charge in [0.1, 0.15) is 6.61 Å². The molecule has 3 N–H and O–H groups in total. The monoisotopic (exact) mass is 472 g/mol. The van der Waals surface area contributed by atoms with Crippen molar-refractivity contribution in [2.75, 3.05) is 19.7 Å². The second-order valence-corrected chi connectivity index (χ2v) is 8.46. The van der Waals surface area contributed by atoms with Gasteiger partial charge in [-0.3, -0.25) is 9.59 Å². The van der Waals surface area contributed by atoms with E-state index >= 15 is 0 Å². The summed E-state index contributed by atoms with van der Waals surface area (Å²) in [5.41, 5.74) is 5.26. The van der Waals surface area contributed by atoms with Crippen LogP contribution in [0.1, 0.15) is 41.4 Å². The topological polar surface area (TPSA) is 105 Å². The number of carboxylic acids is 1. The van der Waals surface area contributed by atoms with E-state index in [1.165, 1.54) is 11.1 Å². The van der Waals surface area contributed by atoms with E-state index in [0.29, 0.717) is 12.0 Å². The SMILES string of the molecule is O=C(CCCNC(=O)OCC1c2ccccc2-c2ccccc21)NCC(C(=O)O)c1ccccc1. The lowest BCUT2D eigenvalue weighted by Gasteiger charge is -2.15. The summed E-state index contributed by atoms with van der Waals surface area (Å²) in [7, 11) is 0. The maximum atomic E-state index is 12.2. The predicted molar refractivity (Wildman–Crippen MR) is 132 cm³/mol. The number of fused-ring (bicyclic) bond motifs is 3. The smallest absolute Gasteiger partial charge is 0.407 e. The number of rotatable bonds is 10. The van der Waals surface area contributed by atoms with Crippen LogP contribution >= 0.6 is 0 Å². The van der Waals surface area contributed by atoms with Gasteiger partial charge in [0.05, 0.1) is 5.92 Å². The summed E-state index contributed by atoms with van der Waals surface area (Å²) >= 11 is 0. The van der Waals surface area contributed by atoms with Crippen molar-refractivity contribution in [2.45, 2.75) is 24.7 Å². The normalized spacial score (nSPS) is 12.8. The average molecular weight is 473 g/mol. The summed E-state index contributed by atoms with van der Waals surface area (Å²) in [6.07, 6.45) is 0.0615. The molecule has 3 aromatic rings. The highest BCUT2D eigenvalue weighted by Gasteiger charge is 2.29. The van der Waals surface area contributed by atoms with Crippen molar-refractivity contribution in [3.8, 4) is 11.1 Å². The number of hydrogen-bond donors (Lipinski definition) is 3. The van der Waals surface area contributed by atoms with Crippen LogP contribution in [0.2, 0.25) is 0 Å². The minimum Gasteiger partial charge on any atom is -0.481 e. The van der Waals surface area contributed by atoms with Gasteiger partial charge in [-0.25, -0.2) is 4.79 Å². The Balaban J connectivity index is 1.18. The minimum atomic E-state index is -0.992. The molecule has 0 spiro atoms. The van der Waals surface area contributed by atoms with Crippen LogP contribution in [0.5, 0.6) is 0 Å². The van der Waals surface area contributed by atoms with Crippen molar-refractivity contribution in [1.29, 1.82) is 0 Å². The van der Waals surface area contributed by atoms with Crippen LogP contribution in [0.25, 0.3) is 11.1 Å². The van der Waals surface area contributed by atoms with Crippen molar-refractivity contribution in [2.24, 2.45) is 0 Å². The molecule has 0 saturated heterocycles. The fourth-order valence-electron chi connectivity index (χ4n) is 4.43. The molecule has 0 saturated carbocycles. The van der Waals surface area contributed by atoms with E-state index < -0.39 is 18.0 Å². The van der Waals surface area contributed by atoms with Gasteiger partial charge in [-0.1, -0.05) is 78.9 Å². The van der Waals surface area contributed by atoms with E-state index in [1.54, 1.807) is 24.3 Å². The molecular formula is C28H28N2O5. The predicted octanol–water partition coefficient (Wildman–Crippen LogP) is 4.29.